The van der Waals surface area contributed by atoms with Crippen molar-refractivity contribution in [1.29, 1.82) is 0 Å². The summed E-state index contributed by atoms with van der Waals surface area (Å²) in [7, 11) is 1.23. The number of amides is 1. The van der Waals surface area contributed by atoms with Gasteiger partial charge < -0.3 is 4.74 Å². The molecule has 4 nitrogen and oxygen atoms in total. The van der Waals surface area contributed by atoms with E-state index in [1.807, 2.05) is 0 Å². The van der Waals surface area contributed by atoms with Crippen molar-refractivity contribution < 1.29 is 18.7 Å². The van der Waals surface area contributed by atoms with Crippen LogP contribution in [0.5, 0.6) is 0 Å². The molecule has 0 aliphatic carbocycles. The van der Waals surface area contributed by atoms with Gasteiger partial charge in [-0.3, -0.25) is 9.69 Å². The molecule has 0 N–H and O–H groups in total. The second-order valence-electron chi connectivity index (χ2n) is 5.65. The Kier molecular flexibility index (Phi) is 4.91. The summed E-state index contributed by atoms with van der Waals surface area (Å²) in [5, 5.41) is 0.554. The van der Waals surface area contributed by atoms with E-state index in [4.69, 9.17) is 16.3 Å². The number of rotatable bonds is 3. The van der Waals surface area contributed by atoms with Crippen LogP contribution in [0.1, 0.15) is 12.5 Å². The molecule has 2 aromatic carbocycles. The second-order valence-corrected chi connectivity index (χ2v) is 6.09. The zero-order valence-electron chi connectivity index (χ0n) is 14.1. The van der Waals surface area contributed by atoms with Crippen molar-refractivity contribution in [2.75, 3.05) is 12.0 Å². The normalized spacial score (nSPS) is 15.8. The number of hydrogen-bond acceptors (Lipinski definition) is 3. The molecule has 1 heterocycles. The fourth-order valence-corrected chi connectivity index (χ4v) is 2.95. The first-order valence-corrected chi connectivity index (χ1v) is 8.17. The van der Waals surface area contributed by atoms with E-state index in [1.165, 1.54) is 30.2 Å². The van der Waals surface area contributed by atoms with Gasteiger partial charge >= 0.3 is 5.97 Å². The SMILES string of the molecule is COC(=O)C1=C(C)N(c2ccccc2F)C(=O)/C1=C/c1ccc(Cl)cc1. The molecule has 6 heteroatoms. The van der Waals surface area contributed by atoms with Gasteiger partial charge in [-0.1, -0.05) is 35.9 Å². The summed E-state index contributed by atoms with van der Waals surface area (Å²) in [6.07, 6.45) is 1.56. The Morgan fingerprint density at radius 3 is 2.42 bits per heavy atom. The highest BCUT2D eigenvalue weighted by Crippen LogP contribution is 2.36. The van der Waals surface area contributed by atoms with Crippen molar-refractivity contribution in [3.8, 4) is 0 Å². The lowest BCUT2D eigenvalue weighted by Gasteiger charge is -2.18. The summed E-state index contributed by atoms with van der Waals surface area (Å²) >= 11 is 5.88. The zero-order valence-corrected chi connectivity index (χ0v) is 14.9. The van der Waals surface area contributed by atoms with Crippen LogP contribution in [0.25, 0.3) is 6.08 Å². The van der Waals surface area contributed by atoms with E-state index >= 15 is 0 Å². The molecule has 0 spiro atoms. The maximum Gasteiger partial charge on any atom is 0.340 e. The van der Waals surface area contributed by atoms with Crippen LogP contribution < -0.4 is 4.90 Å². The highest BCUT2D eigenvalue weighted by atomic mass is 35.5. The molecule has 1 aliphatic heterocycles. The molecule has 132 valence electrons. The second kappa shape index (κ2) is 7.14. The molecule has 0 unspecified atom stereocenters. The highest BCUT2D eigenvalue weighted by Gasteiger charge is 2.38. The molecule has 0 atom stereocenters. The summed E-state index contributed by atoms with van der Waals surface area (Å²) in [6.45, 7) is 1.58. The lowest BCUT2D eigenvalue weighted by atomic mass is 10.0. The van der Waals surface area contributed by atoms with E-state index in [-0.39, 0.29) is 16.8 Å². The molecular weight excluding hydrogens is 357 g/mol. The molecule has 0 radical (unpaired) electrons. The topological polar surface area (TPSA) is 46.6 Å². The Balaban J connectivity index is 2.16. The fraction of sp³-hybridized carbons (Fsp3) is 0.100. The van der Waals surface area contributed by atoms with Crippen molar-refractivity contribution in [2.45, 2.75) is 6.92 Å². The smallest absolute Gasteiger partial charge is 0.340 e. The third kappa shape index (κ3) is 3.13. The number of allylic oxidation sites excluding steroid dienone is 1. The summed E-state index contributed by atoms with van der Waals surface area (Å²) in [4.78, 5) is 26.4. The minimum atomic E-state index is -0.657. The van der Waals surface area contributed by atoms with Crippen LogP contribution in [0.4, 0.5) is 10.1 Å². The Labute approximate surface area is 155 Å². The Morgan fingerprint density at radius 1 is 1.15 bits per heavy atom. The molecular formula is C20H15ClFNO3. The predicted molar refractivity (Wildman–Crippen MR) is 98.0 cm³/mol. The average molecular weight is 372 g/mol. The molecule has 0 saturated carbocycles. The lowest BCUT2D eigenvalue weighted by Crippen LogP contribution is -2.25. The number of esters is 1. The molecule has 2 aromatic rings. The fourth-order valence-electron chi connectivity index (χ4n) is 2.83. The number of anilines is 1. The number of carbonyl (C=O) groups excluding carboxylic acids is 2. The van der Waals surface area contributed by atoms with Gasteiger partial charge in [-0.25, -0.2) is 9.18 Å². The number of benzene rings is 2. The van der Waals surface area contributed by atoms with E-state index in [0.29, 0.717) is 16.3 Å². The Bertz CT molecular complexity index is 948. The number of hydrogen-bond donors (Lipinski definition) is 0. The number of carbonyl (C=O) groups is 2. The number of para-hydroxylation sites is 1. The van der Waals surface area contributed by atoms with Crippen LogP contribution in [0.15, 0.2) is 65.4 Å². The first-order valence-electron chi connectivity index (χ1n) is 7.80. The van der Waals surface area contributed by atoms with Gasteiger partial charge in [-0.05, 0) is 42.8 Å². The summed E-state index contributed by atoms with van der Waals surface area (Å²) < 4.78 is 19.1. The molecule has 1 amide bonds. The number of methoxy groups -OCH3 is 1. The van der Waals surface area contributed by atoms with Gasteiger partial charge in [-0.2, -0.15) is 0 Å². The monoisotopic (exact) mass is 371 g/mol. The summed E-state index contributed by atoms with van der Waals surface area (Å²) in [5.74, 6) is -1.71. The van der Waals surface area contributed by atoms with Crippen molar-refractivity contribution in [2.24, 2.45) is 0 Å². The third-order valence-electron chi connectivity index (χ3n) is 4.06. The maximum atomic E-state index is 14.2. The van der Waals surface area contributed by atoms with Crippen molar-refractivity contribution >= 4 is 35.2 Å². The highest BCUT2D eigenvalue weighted by molar-refractivity contribution is 6.30. The van der Waals surface area contributed by atoms with Gasteiger partial charge in [-0.15, -0.1) is 0 Å². The van der Waals surface area contributed by atoms with E-state index in [2.05, 4.69) is 0 Å². The standard InChI is InChI=1S/C20H15ClFNO3/c1-12-18(20(25)26-2)15(11-13-7-9-14(21)10-8-13)19(24)23(12)17-6-4-3-5-16(17)22/h3-11H,1-2H3/b15-11+. The van der Waals surface area contributed by atoms with Gasteiger partial charge in [0.2, 0.25) is 0 Å². The van der Waals surface area contributed by atoms with Gasteiger partial charge in [0, 0.05) is 10.7 Å². The van der Waals surface area contributed by atoms with Crippen molar-refractivity contribution in [1.82, 2.24) is 0 Å². The van der Waals surface area contributed by atoms with E-state index < -0.39 is 17.7 Å². The third-order valence-corrected chi connectivity index (χ3v) is 4.32. The molecule has 0 aromatic heterocycles. The number of halogens is 2. The first kappa shape index (κ1) is 17.9. The molecule has 0 bridgehead atoms. The number of ether oxygens (including phenoxy) is 1. The van der Waals surface area contributed by atoms with Crippen LogP contribution in [-0.2, 0) is 14.3 Å². The predicted octanol–water partition coefficient (Wildman–Crippen LogP) is 4.36. The number of nitrogens with zero attached hydrogens (tertiary/aromatic N) is 1. The van der Waals surface area contributed by atoms with Crippen LogP contribution in [0.2, 0.25) is 5.02 Å². The van der Waals surface area contributed by atoms with Crippen molar-refractivity contribution in [3.63, 3.8) is 0 Å². The summed E-state index contributed by atoms with van der Waals surface area (Å²) in [5.41, 5.74) is 1.32. The lowest BCUT2D eigenvalue weighted by molar-refractivity contribution is -0.136. The summed E-state index contributed by atoms with van der Waals surface area (Å²) in [6, 6.07) is 12.7. The van der Waals surface area contributed by atoms with Crippen LogP contribution in [0, 0.1) is 5.82 Å². The average Bonchev–Trinajstić information content (AvgIpc) is 2.87. The van der Waals surface area contributed by atoms with Crippen LogP contribution in [0.3, 0.4) is 0 Å². The maximum absolute atomic E-state index is 14.2. The largest absolute Gasteiger partial charge is 0.465 e. The Hall–Kier alpha value is -2.92. The zero-order chi connectivity index (χ0) is 18.8. The quantitative estimate of drug-likeness (QED) is 0.595. The van der Waals surface area contributed by atoms with Gasteiger partial charge in [0.05, 0.1) is 23.9 Å². The molecule has 26 heavy (non-hydrogen) atoms. The van der Waals surface area contributed by atoms with E-state index in [0.717, 1.165) is 0 Å². The van der Waals surface area contributed by atoms with Crippen LogP contribution in [-0.4, -0.2) is 19.0 Å². The molecule has 3 rings (SSSR count). The van der Waals surface area contributed by atoms with Gasteiger partial charge in [0.1, 0.15) is 5.82 Å². The van der Waals surface area contributed by atoms with Crippen molar-refractivity contribution in [3.05, 3.63) is 81.8 Å². The Morgan fingerprint density at radius 2 is 1.81 bits per heavy atom. The molecule has 0 saturated heterocycles. The minimum absolute atomic E-state index is 0.0795. The van der Waals surface area contributed by atoms with Gasteiger partial charge in [0.25, 0.3) is 5.91 Å². The van der Waals surface area contributed by atoms with E-state index in [9.17, 15) is 14.0 Å². The van der Waals surface area contributed by atoms with Gasteiger partial charge in [0.15, 0.2) is 0 Å². The van der Waals surface area contributed by atoms with Crippen LogP contribution >= 0.6 is 11.6 Å². The molecule has 0 fully saturated rings. The minimum Gasteiger partial charge on any atom is -0.465 e. The molecule has 1 aliphatic rings. The van der Waals surface area contributed by atoms with E-state index in [1.54, 1.807) is 43.3 Å². The first-order chi connectivity index (χ1) is 12.4.